The Morgan fingerprint density at radius 3 is 2.96 bits per heavy atom. The Labute approximate surface area is 132 Å². The van der Waals surface area contributed by atoms with Crippen LogP contribution < -0.4 is 4.90 Å². The van der Waals surface area contributed by atoms with Gasteiger partial charge in [0.05, 0.1) is 12.8 Å². The van der Waals surface area contributed by atoms with Crippen LogP contribution in [0.2, 0.25) is 0 Å². The standard InChI is InChI=1S/C15H18N4O4/c1-2-23-13(20)10-17(9-11-6-7-11)14-15(19(21)22)18-8-4-3-5-12(18)16-14/h3-5,8,11H,2,6-7,9-10H2,1H3. The van der Waals surface area contributed by atoms with Crippen molar-refractivity contribution in [3.63, 3.8) is 0 Å². The minimum atomic E-state index is -0.458. The quantitative estimate of drug-likeness (QED) is 0.441. The highest BCUT2D eigenvalue weighted by Gasteiger charge is 2.32. The van der Waals surface area contributed by atoms with E-state index in [1.54, 1.807) is 36.2 Å². The molecule has 0 N–H and O–H groups in total. The Hall–Kier alpha value is -2.64. The Morgan fingerprint density at radius 1 is 1.52 bits per heavy atom. The van der Waals surface area contributed by atoms with Crippen molar-refractivity contribution in [2.24, 2.45) is 5.92 Å². The number of aromatic nitrogens is 2. The lowest BCUT2D eigenvalue weighted by atomic mass is 10.3. The van der Waals surface area contributed by atoms with Crippen molar-refractivity contribution in [3.8, 4) is 0 Å². The zero-order chi connectivity index (χ0) is 16.4. The third-order valence-corrected chi connectivity index (χ3v) is 3.76. The molecular formula is C15H18N4O4. The molecule has 0 aromatic carbocycles. The van der Waals surface area contributed by atoms with E-state index in [0.29, 0.717) is 18.1 Å². The highest BCUT2D eigenvalue weighted by molar-refractivity contribution is 5.77. The first kappa shape index (κ1) is 15.3. The molecule has 0 spiro atoms. The van der Waals surface area contributed by atoms with E-state index in [1.807, 2.05) is 0 Å². The number of nitro groups is 1. The van der Waals surface area contributed by atoms with Gasteiger partial charge in [0.25, 0.3) is 0 Å². The average Bonchev–Trinajstić information content (AvgIpc) is 3.23. The zero-order valence-corrected chi connectivity index (χ0v) is 12.8. The van der Waals surface area contributed by atoms with Crippen LogP contribution in [0.25, 0.3) is 5.65 Å². The van der Waals surface area contributed by atoms with Crippen LogP contribution in [0.3, 0.4) is 0 Å². The lowest BCUT2D eigenvalue weighted by Gasteiger charge is -2.20. The molecule has 0 atom stereocenters. The molecule has 0 aliphatic heterocycles. The van der Waals surface area contributed by atoms with Gasteiger partial charge in [-0.3, -0.25) is 4.79 Å². The predicted octanol–water partition coefficient (Wildman–Crippen LogP) is 2.02. The van der Waals surface area contributed by atoms with E-state index in [2.05, 4.69) is 4.98 Å². The molecule has 2 aromatic rings. The van der Waals surface area contributed by atoms with Crippen LogP contribution in [0.15, 0.2) is 24.4 Å². The first-order valence-corrected chi connectivity index (χ1v) is 7.62. The number of anilines is 1. The summed E-state index contributed by atoms with van der Waals surface area (Å²) in [6.45, 7) is 2.55. The summed E-state index contributed by atoms with van der Waals surface area (Å²) in [5, 5.41) is 11.5. The molecule has 1 aliphatic carbocycles. The van der Waals surface area contributed by atoms with Gasteiger partial charge in [-0.1, -0.05) is 6.07 Å². The predicted molar refractivity (Wildman–Crippen MR) is 83.4 cm³/mol. The van der Waals surface area contributed by atoms with Gasteiger partial charge < -0.3 is 19.8 Å². The largest absolute Gasteiger partial charge is 0.465 e. The molecule has 3 rings (SSSR count). The topological polar surface area (TPSA) is 90.0 Å². The maximum atomic E-state index is 11.9. The molecule has 0 unspecified atom stereocenters. The van der Waals surface area contributed by atoms with Crippen LogP contribution in [0.1, 0.15) is 19.8 Å². The van der Waals surface area contributed by atoms with Crippen molar-refractivity contribution >= 4 is 23.3 Å². The van der Waals surface area contributed by atoms with Crippen LogP contribution in [-0.4, -0.2) is 40.0 Å². The SMILES string of the molecule is CCOC(=O)CN(CC1CC1)c1nc2ccccn2c1[N+](=O)[O-]. The lowest BCUT2D eigenvalue weighted by molar-refractivity contribution is -0.389. The van der Waals surface area contributed by atoms with Crippen LogP contribution in [0, 0.1) is 16.0 Å². The molecule has 23 heavy (non-hydrogen) atoms. The second-order valence-corrected chi connectivity index (χ2v) is 5.57. The number of imidazole rings is 1. The van der Waals surface area contributed by atoms with E-state index in [0.717, 1.165) is 12.8 Å². The molecule has 8 nitrogen and oxygen atoms in total. The molecule has 2 heterocycles. The van der Waals surface area contributed by atoms with E-state index >= 15 is 0 Å². The summed E-state index contributed by atoms with van der Waals surface area (Å²) >= 11 is 0. The van der Waals surface area contributed by atoms with E-state index in [1.165, 1.54) is 4.40 Å². The molecule has 0 bridgehead atoms. The summed E-state index contributed by atoms with van der Waals surface area (Å²) in [7, 11) is 0. The number of hydrogen-bond donors (Lipinski definition) is 0. The molecule has 1 fully saturated rings. The molecule has 1 saturated carbocycles. The van der Waals surface area contributed by atoms with Gasteiger partial charge in [-0.2, -0.15) is 9.38 Å². The third-order valence-electron chi connectivity index (χ3n) is 3.76. The summed E-state index contributed by atoms with van der Waals surface area (Å²) < 4.78 is 6.42. The highest BCUT2D eigenvalue weighted by Crippen LogP contribution is 2.34. The van der Waals surface area contributed by atoms with Crippen molar-refractivity contribution in [3.05, 3.63) is 34.5 Å². The van der Waals surface area contributed by atoms with Crippen molar-refractivity contribution in [1.82, 2.24) is 9.38 Å². The fourth-order valence-electron chi connectivity index (χ4n) is 2.55. The Morgan fingerprint density at radius 2 is 2.30 bits per heavy atom. The van der Waals surface area contributed by atoms with E-state index in [-0.39, 0.29) is 24.8 Å². The van der Waals surface area contributed by atoms with Gasteiger partial charge >= 0.3 is 11.8 Å². The van der Waals surface area contributed by atoms with Gasteiger partial charge in [-0.25, -0.2) is 0 Å². The molecule has 8 heteroatoms. The molecular weight excluding hydrogens is 300 g/mol. The summed E-state index contributed by atoms with van der Waals surface area (Å²) in [4.78, 5) is 29.0. The average molecular weight is 318 g/mol. The molecule has 0 amide bonds. The number of hydrogen-bond acceptors (Lipinski definition) is 6. The van der Waals surface area contributed by atoms with Gasteiger partial charge in [0.1, 0.15) is 6.54 Å². The number of carbonyl (C=O) groups is 1. The second-order valence-electron chi connectivity index (χ2n) is 5.57. The van der Waals surface area contributed by atoms with Crippen molar-refractivity contribution in [1.29, 1.82) is 0 Å². The number of rotatable bonds is 7. The number of pyridine rings is 1. The van der Waals surface area contributed by atoms with Crippen LogP contribution in [0.4, 0.5) is 11.6 Å². The summed E-state index contributed by atoms with van der Waals surface area (Å²) in [6, 6.07) is 5.19. The molecule has 0 radical (unpaired) electrons. The minimum absolute atomic E-state index is 0.0327. The molecule has 122 valence electrons. The molecule has 2 aromatic heterocycles. The molecule has 1 aliphatic rings. The Bertz CT molecular complexity index is 738. The summed E-state index contributed by atoms with van der Waals surface area (Å²) in [6.07, 6.45) is 3.74. The van der Waals surface area contributed by atoms with Crippen LogP contribution in [-0.2, 0) is 9.53 Å². The number of nitrogens with zero attached hydrogens (tertiary/aromatic N) is 4. The van der Waals surface area contributed by atoms with Gasteiger partial charge in [0.2, 0.25) is 11.5 Å². The normalized spacial score (nSPS) is 14.0. The number of fused-ring (bicyclic) bond motifs is 1. The summed E-state index contributed by atoms with van der Waals surface area (Å²) in [5.74, 6) is 0.153. The third kappa shape index (κ3) is 3.25. The van der Waals surface area contributed by atoms with Crippen molar-refractivity contribution < 1.29 is 14.5 Å². The first-order valence-electron chi connectivity index (χ1n) is 7.62. The lowest BCUT2D eigenvalue weighted by Crippen LogP contribution is -2.33. The minimum Gasteiger partial charge on any atom is -0.465 e. The zero-order valence-electron chi connectivity index (χ0n) is 12.8. The monoisotopic (exact) mass is 318 g/mol. The fraction of sp³-hybridized carbons (Fsp3) is 0.467. The van der Waals surface area contributed by atoms with Crippen LogP contribution in [0.5, 0.6) is 0 Å². The van der Waals surface area contributed by atoms with Gasteiger partial charge in [0, 0.05) is 12.6 Å². The fourth-order valence-corrected chi connectivity index (χ4v) is 2.55. The van der Waals surface area contributed by atoms with Crippen LogP contribution >= 0.6 is 0 Å². The Balaban J connectivity index is 2.00. The van der Waals surface area contributed by atoms with Crippen molar-refractivity contribution in [2.45, 2.75) is 19.8 Å². The smallest absolute Gasteiger partial charge is 0.372 e. The maximum absolute atomic E-state index is 11.9. The Kier molecular flexibility index (Phi) is 4.14. The van der Waals surface area contributed by atoms with Crippen molar-refractivity contribution in [2.75, 3.05) is 24.6 Å². The van der Waals surface area contributed by atoms with Gasteiger partial charge in [0.15, 0.2) is 0 Å². The number of carbonyl (C=O) groups excluding carboxylic acids is 1. The van der Waals surface area contributed by atoms with Gasteiger partial charge in [-0.05, 0) is 36.7 Å². The van der Waals surface area contributed by atoms with Gasteiger partial charge in [-0.15, -0.1) is 0 Å². The number of ether oxygens (including phenoxy) is 1. The van der Waals surface area contributed by atoms with E-state index in [4.69, 9.17) is 4.74 Å². The number of esters is 1. The van der Waals surface area contributed by atoms with E-state index < -0.39 is 10.9 Å². The first-order chi connectivity index (χ1) is 11.1. The second kappa shape index (κ2) is 6.23. The summed E-state index contributed by atoms with van der Waals surface area (Å²) in [5.41, 5.74) is 0.485. The van der Waals surface area contributed by atoms with E-state index in [9.17, 15) is 14.9 Å². The highest BCUT2D eigenvalue weighted by atomic mass is 16.6. The maximum Gasteiger partial charge on any atom is 0.372 e. The molecule has 0 saturated heterocycles.